The molecule has 1 amide bonds. The molecule has 0 saturated heterocycles. The first-order chi connectivity index (χ1) is 11.0. The van der Waals surface area contributed by atoms with Crippen molar-refractivity contribution in [2.75, 3.05) is 32.1 Å². The standard InChI is InChI=1S/C17H23N3O3/c1-4-20(12-13(2)17(22)23-3)10-9-16(21)19-15-8-6-5-7-14(15)11-18/h5-8,13H,4,9-10,12H2,1-3H3,(H,19,21). The van der Waals surface area contributed by atoms with Crippen LogP contribution in [0.15, 0.2) is 24.3 Å². The lowest BCUT2D eigenvalue weighted by Crippen LogP contribution is -2.34. The number of hydrogen-bond donors (Lipinski definition) is 1. The van der Waals surface area contributed by atoms with Crippen molar-refractivity contribution in [2.45, 2.75) is 20.3 Å². The number of para-hydroxylation sites is 1. The van der Waals surface area contributed by atoms with Crippen LogP contribution in [-0.4, -0.2) is 43.5 Å². The lowest BCUT2D eigenvalue weighted by molar-refractivity contribution is -0.145. The van der Waals surface area contributed by atoms with Crippen LogP contribution in [-0.2, 0) is 14.3 Å². The Balaban J connectivity index is 2.51. The quantitative estimate of drug-likeness (QED) is 0.742. The van der Waals surface area contributed by atoms with Crippen molar-refractivity contribution in [3.8, 4) is 6.07 Å². The van der Waals surface area contributed by atoms with Gasteiger partial charge < -0.3 is 15.0 Å². The maximum Gasteiger partial charge on any atom is 0.309 e. The minimum atomic E-state index is -0.254. The Kier molecular flexibility index (Phi) is 7.78. The second kappa shape index (κ2) is 9.59. The fraction of sp³-hybridized carbons (Fsp3) is 0.471. The molecule has 1 unspecified atom stereocenters. The van der Waals surface area contributed by atoms with Crippen molar-refractivity contribution >= 4 is 17.6 Å². The summed E-state index contributed by atoms with van der Waals surface area (Å²) in [6, 6.07) is 8.93. The Labute approximate surface area is 137 Å². The molecule has 6 heteroatoms. The molecule has 0 aromatic heterocycles. The number of ether oxygens (including phenoxy) is 1. The molecule has 23 heavy (non-hydrogen) atoms. The van der Waals surface area contributed by atoms with Crippen molar-refractivity contribution in [3.63, 3.8) is 0 Å². The molecule has 124 valence electrons. The maximum atomic E-state index is 12.0. The number of benzene rings is 1. The number of nitrogens with one attached hydrogen (secondary N) is 1. The predicted octanol–water partition coefficient (Wildman–Crippen LogP) is 2.02. The normalized spacial score (nSPS) is 11.6. The first-order valence-corrected chi connectivity index (χ1v) is 7.61. The van der Waals surface area contributed by atoms with E-state index < -0.39 is 0 Å². The maximum absolute atomic E-state index is 12.0. The molecule has 0 aliphatic rings. The first-order valence-electron chi connectivity index (χ1n) is 7.61. The highest BCUT2D eigenvalue weighted by Crippen LogP contribution is 2.13. The molecule has 0 aliphatic carbocycles. The molecular formula is C17H23N3O3. The summed E-state index contributed by atoms with van der Waals surface area (Å²) < 4.78 is 4.71. The molecule has 0 heterocycles. The van der Waals surface area contributed by atoms with E-state index in [1.54, 1.807) is 31.2 Å². The van der Waals surface area contributed by atoms with Gasteiger partial charge in [-0.05, 0) is 18.7 Å². The van der Waals surface area contributed by atoms with Crippen LogP contribution < -0.4 is 5.32 Å². The smallest absolute Gasteiger partial charge is 0.309 e. The molecular weight excluding hydrogens is 294 g/mol. The van der Waals surface area contributed by atoms with Crippen molar-refractivity contribution < 1.29 is 14.3 Å². The Morgan fingerprint density at radius 3 is 2.70 bits per heavy atom. The highest BCUT2D eigenvalue weighted by Gasteiger charge is 2.17. The molecule has 1 aromatic rings. The van der Waals surface area contributed by atoms with E-state index in [1.165, 1.54) is 7.11 Å². The second-order valence-electron chi connectivity index (χ2n) is 5.27. The molecule has 1 rings (SSSR count). The molecule has 0 aliphatic heterocycles. The average Bonchev–Trinajstić information content (AvgIpc) is 2.57. The van der Waals surface area contributed by atoms with Gasteiger partial charge in [0.15, 0.2) is 0 Å². The minimum Gasteiger partial charge on any atom is -0.469 e. The molecule has 0 fully saturated rings. The van der Waals surface area contributed by atoms with E-state index in [2.05, 4.69) is 5.32 Å². The van der Waals surface area contributed by atoms with E-state index in [0.29, 0.717) is 30.8 Å². The van der Waals surface area contributed by atoms with Gasteiger partial charge in [-0.1, -0.05) is 26.0 Å². The number of hydrogen-bond acceptors (Lipinski definition) is 5. The van der Waals surface area contributed by atoms with E-state index in [-0.39, 0.29) is 17.8 Å². The summed E-state index contributed by atoms with van der Waals surface area (Å²) in [5.41, 5.74) is 0.957. The van der Waals surface area contributed by atoms with E-state index in [9.17, 15) is 9.59 Å². The van der Waals surface area contributed by atoms with E-state index in [0.717, 1.165) is 6.54 Å². The van der Waals surface area contributed by atoms with Crippen molar-refractivity contribution in [2.24, 2.45) is 5.92 Å². The third kappa shape index (κ3) is 6.09. The monoisotopic (exact) mass is 317 g/mol. The van der Waals surface area contributed by atoms with Crippen molar-refractivity contribution in [1.82, 2.24) is 4.90 Å². The zero-order valence-electron chi connectivity index (χ0n) is 13.8. The Hall–Kier alpha value is -2.39. The number of carbonyl (C=O) groups is 2. The molecule has 0 spiro atoms. The second-order valence-corrected chi connectivity index (χ2v) is 5.27. The number of amides is 1. The molecule has 1 N–H and O–H groups in total. The molecule has 0 bridgehead atoms. The third-order valence-corrected chi connectivity index (χ3v) is 3.56. The van der Waals surface area contributed by atoms with Crippen LogP contribution in [0.5, 0.6) is 0 Å². The Bertz CT molecular complexity index is 581. The fourth-order valence-corrected chi connectivity index (χ4v) is 2.20. The topological polar surface area (TPSA) is 82.4 Å². The SMILES string of the molecule is CCN(CCC(=O)Nc1ccccc1C#N)CC(C)C(=O)OC. The van der Waals surface area contributed by atoms with E-state index >= 15 is 0 Å². The summed E-state index contributed by atoms with van der Waals surface area (Å²) in [5.74, 6) is -0.643. The van der Waals surface area contributed by atoms with Crippen LogP contribution in [0.3, 0.4) is 0 Å². The van der Waals surface area contributed by atoms with Gasteiger partial charge in [0.25, 0.3) is 0 Å². The number of nitrogens with zero attached hydrogens (tertiary/aromatic N) is 2. The van der Waals surface area contributed by atoms with Crippen molar-refractivity contribution in [1.29, 1.82) is 5.26 Å². The number of rotatable bonds is 8. The van der Waals surface area contributed by atoms with Gasteiger partial charge in [0.05, 0.1) is 24.3 Å². The molecule has 1 atom stereocenters. The summed E-state index contributed by atoms with van der Waals surface area (Å²) in [6.45, 7) is 5.61. The number of anilines is 1. The Morgan fingerprint density at radius 2 is 2.09 bits per heavy atom. The zero-order valence-corrected chi connectivity index (χ0v) is 13.8. The highest BCUT2D eigenvalue weighted by atomic mass is 16.5. The summed E-state index contributed by atoms with van der Waals surface area (Å²) in [6.07, 6.45) is 0.293. The van der Waals surface area contributed by atoms with Gasteiger partial charge in [-0.25, -0.2) is 0 Å². The lowest BCUT2D eigenvalue weighted by Gasteiger charge is -2.22. The molecule has 1 aromatic carbocycles. The van der Waals surface area contributed by atoms with Gasteiger partial charge >= 0.3 is 5.97 Å². The molecule has 0 radical (unpaired) electrons. The van der Waals surface area contributed by atoms with Crippen LogP contribution in [0, 0.1) is 17.2 Å². The highest BCUT2D eigenvalue weighted by molar-refractivity contribution is 5.92. The zero-order chi connectivity index (χ0) is 17.2. The predicted molar refractivity (Wildman–Crippen MR) is 87.7 cm³/mol. The van der Waals surface area contributed by atoms with Gasteiger partial charge in [-0.15, -0.1) is 0 Å². The summed E-state index contributed by atoms with van der Waals surface area (Å²) in [4.78, 5) is 25.5. The summed E-state index contributed by atoms with van der Waals surface area (Å²) >= 11 is 0. The van der Waals surface area contributed by atoms with Gasteiger partial charge in [-0.3, -0.25) is 9.59 Å². The van der Waals surface area contributed by atoms with Crippen molar-refractivity contribution in [3.05, 3.63) is 29.8 Å². The average molecular weight is 317 g/mol. The molecule has 6 nitrogen and oxygen atoms in total. The van der Waals surface area contributed by atoms with Crippen LogP contribution in [0.2, 0.25) is 0 Å². The third-order valence-electron chi connectivity index (χ3n) is 3.56. The van der Waals surface area contributed by atoms with Crippen LogP contribution in [0.4, 0.5) is 5.69 Å². The number of carbonyl (C=O) groups excluding carboxylic acids is 2. The van der Waals surface area contributed by atoms with Gasteiger partial charge in [0.1, 0.15) is 6.07 Å². The van der Waals surface area contributed by atoms with Crippen LogP contribution in [0.1, 0.15) is 25.8 Å². The number of esters is 1. The summed E-state index contributed by atoms with van der Waals surface area (Å²) in [7, 11) is 1.37. The lowest BCUT2D eigenvalue weighted by atomic mass is 10.1. The van der Waals surface area contributed by atoms with Gasteiger partial charge in [-0.2, -0.15) is 5.26 Å². The van der Waals surface area contributed by atoms with Gasteiger partial charge in [0.2, 0.25) is 5.91 Å². The van der Waals surface area contributed by atoms with Crippen LogP contribution >= 0.6 is 0 Å². The largest absolute Gasteiger partial charge is 0.469 e. The molecule has 0 saturated carbocycles. The Morgan fingerprint density at radius 1 is 1.39 bits per heavy atom. The fourth-order valence-electron chi connectivity index (χ4n) is 2.20. The van der Waals surface area contributed by atoms with Crippen LogP contribution in [0.25, 0.3) is 0 Å². The van der Waals surface area contributed by atoms with E-state index in [1.807, 2.05) is 17.9 Å². The van der Waals surface area contributed by atoms with Gasteiger partial charge in [0, 0.05) is 19.5 Å². The first kappa shape index (κ1) is 18.7. The van der Waals surface area contributed by atoms with E-state index in [4.69, 9.17) is 10.00 Å². The number of methoxy groups -OCH3 is 1. The number of nitriles is 1. The summed E-state index contributed by atoms with van der Waals surface area (Å²) in [5, 5.41) is 11.8. The minimum absolute atomic E-state index is 0.156.